The Morgan fingerprint density at radius 2 is 1.88 bits per heavy atom. The summed E-state index contributed by atoms with van der Waals surface area (Å²) in [5.41, 5.74) is 9.78. The lowest BCUT2D eigenvalue weighted by Gasteiger charge is -2.15. The Morgan fingerprint density at radius 3 is 2.47 bits per heavy atom. The molecule has 5 heteroatoms. The second-order valence-corrected chi connectivity index (χ2v) is 8.31. The number of nitrogens with two attached hydrogens (primary N) is 1. The van der Waals surface area contributed by atoms with Gasteiger partial charge in [-0.25, -0.2) is 0 Å². The average Bonchev–Trinajstić information content (AvgIpc) is 2.61. The molecule has 1 atom stereocenters. The van der Waals surface area contributed by atoms with E-state index in [4.69, 9.17) is 5.73 Å². The Kier molecular flexibility index (Phi) is 4.47. The van der Waals surface area contributed by atoms with Crippen LogP contribution < -0.4 is 5.73 Å². The lowest BCUT2D eigenvalue weighted by Crippen LogP contribution is -2.13. The van der Waals surface area contributed by atoms with Crippen molar-refractivity contribution in [3.63, 3.8) is 0 Å². The molecular weight excluding hydrogens is 430 g/mol. The Bertz CT molecular complexity index is 551. The molecule has 90 valence electrons. The number of halogens is 3. The van der Waals surface area contributed by atoms with Crippen LogP contribution in [0.4, 0.5) is 0 Å². The number of hydrogen-bond donors (Lipinski definition) is 1. The van der Waals surface area contributed by atoms with E-state index in [2.05, 4.69) is 66.8 Å². The maximum atomic E-state index is 6.34. The van der Waals surface area contributed by atoms with Crippen LogP contribution in [0.1, 0.15) is 22.7 Å². The van der Waals surface area contributed by atoms with Crippen LogP contribution in [-0.4, -0.2) is 0 Å². The normalized spacial score (nSPS) is 12.8. The predicted octanol–water partition coefficient (Wildman–Crippen LogP) is 5.39. The first kappa shape index (κ1) is 13.7. The van der Waals surface area contributed by atoms with E-state index in [9.17, 15) is 0 Å². The van der Waals surface area contributed by atoms with Crippen LogP contribution in [0.5, 0.6) is 0 Å². The lowest BCUT2D eigenvalue weighted by atomic mass is 9.98. The van der Waals surface area contributed by atoms with E-state index in [1.54, 1.807) is 11.3 Å². The van der Waals surface area contributed by atoms with E-state index >= 15 is 0 Å². The van der Waals surface area contributed by atoms with Gasteiger partial charge in [0.15, 0.2) is 0 Å². The summed E-state index contributed by atoms with van der Waals surface area (Å²) < 4.78 is 3.26. The first-order valence-electron chi connectivity index (χ1n) is 4.96. The zero-order valence-electron chi connectivity index (χ0n) is 9.01. The highest BCUT2D eigenvalue weighted by Crippen LogP contribution is 2.38. The molecule has 0 aliphatic carbocycles. The van der Waals surface area contributed by atoms with Crippen molar-refractivity contribution in [3.8, 4) is 0 Å². The molecule has 17 heavy (non-hydrogen) atoms. The molecule has 1 nitrogen and oxygen atoms in total. The van der Waals surface area contributed by atoms with E-state index in [0.717, 1.165) is 23.2 Å². The molecule has 0 saturated carbocycles. The van der Waals surface area contributed by atoms with Gasteiger partial charge in [-0.2, -0.15) is 0 Å². The highest BCUT2D eigenvalue weighted by molar-refractivity contribution is 9.12. The minimum atomic E-state index is -0.107. The highest BCUT2D eigenvalue weighted by Gasteiger charge is 2.17. The Hall–Kier alpha value is 0.320. The van der Waals surface area contributed by atoms with Crippen LogP contribution in [0.3, 0.4) is 0 Å². The number of rotatable bonds is 2. The third kappa shape index (κ3) is 2.84. The van der Waals surface area contributed by atoms with E-state index in [1.807, 2.05) is 12.1 Å². The Labute approximate surface area is 130 Å². The van der Waals surface area contributed by atoms with Gasteiger partial charge in [0.25, 0.3) is 0 Å². The van der Waals surface area contributed by atoms with Gasteiger partial charge in [0.05, 0.1) is 13.6 Å². The molecule has 2 rings (SSSR count). The number of benzene rings is 1. The minimum absolute atomic E-state index is 0.107. The fourth-order valence-corrected chi connectivity index (χ4v) is 5.00. The van der Waals surface area contributed by atoms with Crippen molar-refractivity contribution in [1.82, 2.24) is 0 Å². The minimum Gasteiger partial charge on any atom is -0.320 e. The number of hydrogen-bond acceptors (Lipinski definition) is 2. The van der Waals surface area contributed by atoms with E-state index < -0.39 is 0 Å². The van der Waals surface area contributed by atoms with Gasteiger partial charge >= 0.3 is 0 Å². The third-order valence-electron chi connectivity index (χ3n) is 2.66. The molecule has 0 spiro atoms. The lowest BCUT2D eigenvalue weighted by molar-refractivity contribution is 0.861. The summed E-state index contributed by atoms with van der Waals surface area (Å²) in [6.45, 7) is 2.08. The molecule has 0 bridgehead atoms. The second-order valence-electron chi connectivity index (χ2n) is 3.71. The van der Waals surface area contributed by atoms with Crippen LogP contribution in [0.15, 0.2) is 36.3 Å². The number of thiophene rings is 1. The van der Waals surface area contributed by atoms with Crippen molar-refractivity contribution >= 4 is 59.1 Å². The van der Waals surface area contributed by atoms with Crippen LogP contribution in [0.2, 0.25) is 0 Å². The molecule has 0 saturated heterocycles. The maximum absolute atomic E-state index is 6.34. The summed E-state index contributed by atoms with van der Waals surface area (Å²) in [4.78, 5) is 0. The van der Waals surface area contributed by atoms with Gasteiger partial charge in [0.1, 0.15) is 0 Å². The van der Waals surface area contributed by atoms with Gasteiger partial charge in [-0.15, -0.1) is 11.3 Å². The average molecular weight is 440 g/mol. The third-order valence-corrected chi connectivity index (χ3v) is 5.91. The topological polar surface area (TPSA) is 26.0 Å². The summed E-state index contributed by atoms with van der Waals surface area (Å²) in [6.07, 6.45) is 0. The smallest absolute Gasteiger partial charge is 0.0761 e. The molecule has 0 radical (unpaired) electrons. The van der Waals surface area contributed by atoms with E-state index in [0.29, 0.717) is 0 Å². The monoisotopic (exact) mass is 437 g/mol. The van der Waals surface area contributed by atoms with Crippen molar-refractivity contribution in [2.24, 2.45) is 5.73 Å². The molecule has 1 heterocycles. The first-order chi connectivity index (χ1) is 8.00. The Morgan fingerprint density at radius 1 is 1.18 bits per heavy atom. The van der Waals surface area contributed by atoms with Crippen LogP contribution in [0.25, 0.3) is 0 Å². The van der Waals surface area contributed by atoms with E-state index in [-0.39, 0.29) is 6.04 Å². The molecule has 1 unspecified atom stereocenters. The van der Waals surface area contributed by atoms with Gasteiger partial charge in [0.2, 0.25) is 0 Å². The summed E-state index contributed by atoms with van der Waals surface area (Å²) in [5, 5.41) is 0. The predicted molar refractivity (Wildman–Crippen MR) is 84.6 cm³/mol. The van der Waals surface area contributed by atoms with Crippen molar-refractivity contribution in [2.45, 2.75) is 13.0 Å². The standard InChI is InChI=1S/C12H10Br3NS/c1-6-7(3-2-4-9(6)13)11(16)8-5-10(14)17-12(8)15/h2-5,11H,16H2,1H3. The van der Waals surface area contributed by atoms with Crippen molar-refractivity contribution in [2.75, 3.05) is 0 Å². The van der Waals surface area contributed by atoms with Gasteiger partial charge in [-0.1, -0.05) is 28.1 Å². The van der Waals surface area contributed by atoms with E-state index in [1.165, 1.54) is 5.56 Å². The Balaban J connectivity index is 2.47. The molecule has 1 aromatic carbocycles. The van der Waals surface area contributed by atoms with Gasteiger partial charge in [0, 0.05) is 4.47 Å². The molecule has 0 fully saturated rings. The van der Waals surface area contributed by atoms with Gasteiger partial charge < -0.3 is 5.73 Å². The summed E-state index contributed by atoms with van der Waals surface area (Å²) in [6, 6.07) is 8.08. The molecular formula is C12H10Br3NS. The van der Waals surface area contributed by atoms with Crippen molar-refractivity contribution in [1.29, 1.82) is 0 Å². The summed E-state index contributed by atoms with van der Waals surface area (Å²) in [5.74, 6) is 0. The molecule has 0 amide bonds. The highest BCUT2D eigenvalue weighted by atomic mass is 79.9. The largest absolute Gasteiger partial charge is 0.320 e. The molecule has 0 aliphatic rings. The maximum Gasteiger partial charge on any atom is 0.0761 e. The molecule has 1 aromatic heterocycles. The summed E-state index contributed by atoms with van der Waals surface area (Å²) in [7, 11) is 0. The van der Waals surface area contributed by atoms with Crippen LogP contribution >= 0.6 is 59.1 Å². The zero-order chi connectivity index (χ0) is 12.6. The molecule has 0 aliphatic heterocycles. The fraction of sp³-hybridized carbons (Fsp3) is 0.167. The zero-order valence-corrected chi connectivity index (χ0v) is 14.6. The first-order valence-corrected chi connectivity index (χ1v) is 8.15. The van der Waals surface area contributed by atoms with Crippen LogP contribution in [-0.2, 0) is 0 Å². The fourth-order valence-electron chi connectivity index (χ4n) is 1.69. The van der Waals surface area contributed by atoms with Crippen LogP contribution in [0, 0.1) is 6.92 Å². The summed E-state index contributed by atoms with van der Waals surface area (Å²) >= 11 is 12.2. The SMILES string of the molecule is Cc1c(Br)cccc1C(N)c1cc(Br)sc1Br. The molecule has 2 aromatic rings. The quantitative estimate of drug-likeness (QED) is 0.666. The molecule has 2 N–H and O–H groups in total. The van der Waals surface area contributed by atoms with Crippen molar-refractivity contribution in [3.05, 3.63) is 53.0 Å². The van der Waals surface area contributed by atoms with Crippen molar-refractivity contribution < 1.29 is 0 Å². The second kappa shape index (κ2) is 5.53. The van der Waals surface area contributed by atoms with Gasteiger partial charge in [-0.05, 0) is 67.6 Å². The van der Waals surface area contributed by atoms with Gasteiger partial charge in [-0.3, -0.25) is 0 Å².